The summed E-state index contributed by atoms with van der Waals surface area (Å²) < 4.78 is 102. The summed E-state index contributed by atoms with van der Waals surface area (Å²) in [5.74, 6) is -0.538. The van der Waals surface area contributed by atoms with Gasteiger partial charge in [0.1, 0.15) is 11.4 Å². The number of aromatic nitrogens is 6. The SMILES string of the molecule is CC(C)(C)c1c[c-]c(-c2cccc(-c3cc(C(F)(F)F)n[n-]3)n2)cc1.CC(C)(C)c1c[c-]c(-c2cccc(-c3cc(C(F)(F)F)n[n-]3)n2)cc1.CN1[CH-]N(c2[c-]cc(F)cc2)c2ccccc21.CN1[CH-]N(c2[c-]cc(F)cc2)c2ccccc21.[Ir].[Ir]. The van der Waals surface area contributed by atoms with Crippen molar-refractivity contribution in [1.29, 1.82) is 0 Å². The van der Waals surface area contributed by atoms with E-state index in [1.807, 2.05) is 120 Å². The second kappa shape index (κ2) is 27.1. The van der Waals surface area contributed by atoms with E-state index >= 15 is 0 Å². The molecule has 0 amide bonds. The number of para-hydroxylation sites is 4. The normalized spacial score (nSPS) is 12.7. The molecule has 12 rings (SSSR count). The number of benzene rings is 6. The molecule has 0 N–H and O–H groups in total. The number of hydrogen-bond acceptors (Lipinski definition) is 8. The molecule has 2 radical (unpaired) electrons. The van der Waals surface area contributed by atoms with Gasteiger partial charge in [0.2, 0.25) is 0 Å². The van der Waals surface area contributed by atoms with Crippen LogP contribution in [0.4, 0.5) is 69.2 Å². The molecule has 0 fully saturated rings. The zero-order chi connectivity index (χ0) is 60.1. The quantitative estimate of drug-likeness (QED) is 0.118. The molecule has 0 bridgehead atoms. The Bertz CT molecular complexity index is 3570. The Morgan fingerprint density at radius 3 is 1.08 bits per heavy atom. The molecular formula is C66H54F8Ir2N10-8. The van der Waals surface area contributed by atoms with Crippen LogP contribution in [0.25, 0.3) is 45.3 Å². The van der Waals surface area contributed by atoms with E-state index in [9.17, 15) is 35.1 Å². The third-order valence-electron chi connectivity index (χ3n) is 13.2. The number of halogens is 8. The van der Waals surface area contributed by atoms with Gasteiger partial charge in [-0.05, 0) is 84.8 Å². The second-order valence-electron chi connectivity index (χ2n) is 21.5. The Kier molecular flexibility index (Phi) is 20.7. The minimum Gasteiger partial charge on any atom is -0.573 e. The third-order valence-corrected chi connectivity index (χ3v) is 13.2. The molecule has 4 aromatic heterocycles. The maximum atomic E-state index is 12.9. The van der Waals surface area contributed by atoms with Crippen LogP contribution < -0.4 is 29.8 Å². The van der Waals surface area contributed by atoms with Gasteiger partial charge in [-0.1, -0.05) is 101 Å². The molecule has 6 aromatic carbocycles. The monoisotopic (exact) mass is 1520 g/mol. The molecule has 0 unspecified atom stereocenters. The number of pyridine rings is 2. The van der Waals surface area contributed by atoms with Crippen molar-refractivity contribution in [3.63, 3.8) is 0 Å². The molecule has 2 aliphatic heterocycles. The van der Waals surface area contributed by atoms with Crippen LogP contribution in [0, 0.1) is 49.2 Å². The van der Waals surface area contributed by atoms with Crippen molar-refractivity contribution in [3.8, 4) is 45.3 Å². The van der Waals surface area contributed by atoms with Gasteiger partial charge in [0.05, 0.1) is 0 Å². The molecule has 86 heavy (non-hydrogen) atoms. The predicted octanol–water partition coefficient (Wildman–Crippen LogP) is 16.4. The van der Waals surface area contributed by atoms with Crippen LogP contribution in [0.3, 0.4) is 0 Å². The Hall–Kier alpha value is -8.02. The van der Waals surface area contributed by atoms with Crippen molar-refractivity contribution >= 4 is 34.1 Å². The first kappa shape index (κ1) is 65.5. The molecule has 20 heteroatoms. The zero-order valence-electron chi connectivity index (χ0n) is 47.5. The fraction of sp³-hybridized carbons (Fsp3) is 0.182. The van der Waals surface area contributed by atoms with Gasteiger partial charge in [0.15, 0.2) is 0 Å². The average molecular weight is 1520 g/mol. The fourth-order valence-electron chi connectivity index (χ4n) is 8.68. The smallest absolute Gasteiger partial charge is 0.431 e. The maximum Gasteiger partial charge on any atom is 0.431 e. The van der Waals surface area contributed by atoms with Crippen LogP contribution in [0.15, 0.2) is 170 Å². The van der Waals surface area contributed by atoms with Crippen LogP contribution in [-0.2, 0) is 63.4 Å². The minimum atomic E-state index is -4.51. The molecule has 6 heterocycles. The molecule has 0 saturated carbocycles. The first-order valence-corrected chi connectivity index (χ1v) is 26.2. The van der Waals surface area contributed by atoms with Gasteiger partial charge in [0.25, 0.3) is 0 Å². The first-order chi connectivity index (χ1) is 39.8. The summed E-state index contributed by atoms with van der Waals surface area (Å²) in [4.78, 5) is 16.9. The van der Waals surface area contributed by atoms with Crippen LogP contribution in [-0.4, -0.2) is 34.3 Å². The molecule has 2 aliphatic rings. The van der Waals surface area contributed by atoms with Crippen molar-refractivity contribution in [3.05, 3.63) is 242 Å². The number of anilines is 6. The fourth-order valence-corrected chi connectivity index (χ4v) is 8.68. The summed E-state index contributed by atoms with van der Waals surface area (Å²) in [6.07, 6.45) is -9.03. The van der Waals surface area contributed by atoms with Gasteiger partial charge in [-0.15, -0.1) is 119 Å². The van der Waals surface area contributed by atoms with Crippen molar-refractivity contribution in [2.45, 2.75) is 64.7 Å². The summed E-state index contributed by atoms with van der Waals surface area (Å²) in [5.41, 5.74) is 10.0. The Balaban J connectivity index is 0.000000165. The van der Waals surface area contributed by atoms with E-state index in [1.165, 1.54) is 24.3 Å². The maximum absolute atomic E-state index is 12.9. The van der Waals surface area contributed by atoms with Crippen molar-refractivity contribution in [2.24, 2.45) is 0 Å². The predicted molar refractivity (Wildman–Crippen MR) is 311 cm³/mol. The van der Waals surface area contributed by atoms with E-state index < -0.39 is 23.7 Å². The van der Waals surface area contributed by atoms with Crippen molar-refractivity contribution in [2.75, 3.05) is 33.7 Å². The minimum absolute atomic E-state index is 0. The van der Waals surface area contributed by atoms with Gasteiger partial charge in [0, 0.05) is 86.0 Å². The molecule has 0 aliphatic carbocycles. The summed E-state index contributed by atoms with van der Waals surface area (Å²) >= 11 is 0. The van der Waals surface area contributed by atoms with Crippen molar-refractivity contribution < 1.29 is 75.3 Å². The average Bonchev–Trinajstić information content (AvgIpc) is 4.03. The van der Waals surface area contributed by atoms with E-state index in [1.54, 1.807) is 48.5 Å². The van der Waals surface area contributed by atoms with Crippen LogP contribution in [0.1, 0.15) is 64.1 Å². The van der Waals surface area contributed by atoms with E-state index in [0.29, 0.717) is 22.8 Å². The van der Waals surface area contributed by atoms with E-state index in [0.717, 1.165) is 68.5 Å². The Labute approximate surface area is 522 Å². The molecule has 0 saturated heterocycles. The number of hydrogen-bond donors (Lipinski definition) is 0. The largest absolute Gasteiger partial charge is 0.573 e. The third kappa shape index (κ3) is 15.9. The number of rotatable bonds is 6. The number of alkyl halides is 6. The van der Waals surface area contributed by atoms with Gasteiger partial charge in [-0.25, -0.2) is 0 Å². The molecule has 10 aromatic rings. The van der Waals surface area contributed by atoms with Crippen LogP contribution in [0.2, 0.25) is 0 Å². The van der Waals surface area contributed by atoms with Gasteiger partial charge < -0.3 is 40.0 Å². The summed E-state index contributed by atoms with van der Waals surface area (Å²) in [6, 6.07) is 61.1. The second-order valence-corrected chi connectivity index (χ2v) is 21.5. The van der Waals surface area contributed by atoms with Gasteiger partial charge in [-0.3, -0.25) is 18.7 Å². The first-order valence-electron chi connectivity index (χ1n) is 26.2. The Morgan fingerprint density at radius 1 is 0.419 bits per heavy atom. The van der Waals surface area contributed by atoms with Crippen LogP contribution in [0.5, 0.6) is 0 Å². The molecule has 0 atom stereocenters. The molecule has 0 spiro atoms. The van der Waals surface area contributed by atoms with Crippen molar-refractivity contribution in [1.82, 2.24) is 30.4 Å². The van der Waals surface area contributed by atoms with E-state index in [2.05, 4.69) is 108 Å². The number of fused-ring (bicyclic) bond motifs is 2. The standard InChI is InChI=1S/2C19H16F3N3.2C14H11FN2.2Ir/c2*1-18(2,3)13-9-7-12(8-10-13)14-5-4-6-15(23-14)16-11-17(25-24-16)19(20,21)22;2*1-16-10-17(12-8-6-11(15)7-9-12)14-5-3-2-4-13(14)16;;/h2*4-7,9-11H,1-3H3;2*2-8,10H,1H3;;/q4*-2;;. The summed E-state index contributed by atoms with van der Waals surface area (Å²) in [6.45, 7) is 16.6. The number of nitrogens with zero attached hydrogens (tertiary/aromatic N) is 10. The van der Waals surface area contributed by atoms with Gasteiger partial charge in [-0.2, -0.15) is 51.8 Å². The summed E-state index contributed by atoms with van der Waals surface area (Å²) in [7, 11) is 3.98. The summed E-state index contributed by atoms with van der Waals surface area (Å²) in [5, 5.41) is 13.5. The van der Waals surface area contributed by atoms with Gasteiger partial charge >= 0.3 is 12.4 Å². The van der Waals surface area contributed by atoms with E-state index in [4.69, 9.17) is 0 Å². The van der Waals surface area contributed by atoms with Crippen LogP contribution >= 0.6 is 0 Å². The topological polar surface area (TPSA) is 92.7 Å². The zero-order valence-corrected chi connectivity index (χ0v) is 52.3. The molecule has 10 nitrogen and oxygen atoms in total. The molecular weight excluding hydrogens is 1470 g/mol. The van der Waals surface area contributed by atoms with E-state index in [-0.39, 0.29) is 74.1 Å². The molecule has 450 valence electrons. The Morgan fingerprint density at radius 2 is 0.779 bits per heavy atom.